The first kappa shape index (κ1) is 15.5. The van der Waals surface area contributed by atoms with E-state index in [0.717, 1.165) is 6.42 Å². The molecule has 0 aromatic heterocycles. The van der Waals surface area contributed by atoms with E-state index in [1.54, 1.807) is 0 Å². The van der Waals surface area contributed by atoms with Gasteiger partial charge >= 0.3 is 0 Å². The van der Waals surface area contributed by atoms with Crippen LogP contribution in [0.5, 0.6) is 0 Å². The molecule has 19 heavy (non-hydrogen) atoms. The Kier molecular flexibility index (Phi) is 4.93. The number of hydrogen-bond donors (Lipinski definition) is 2. The highest BCUT2D eigenvalue weighted by Gasteiger charge is 2.50. The summed E-state index contributed by atoms with van der Waals surface area (Å²) >= 11 is 0. The van der Waals surface area contributed by atoms with E-state index >= 15 is 0 Å². The molecule has 0 amide bonds. The topological polar surface area (TPSA) is 49.9 Å². The summed E-state index contributed by atoms with van der Waals surface area (Å²) in [6.07, 6.45) is 2.40. The normalized spacial score (nSPS) is 24.1. The van der Waals surface area contributed by atoms with Gasteiger partial charge in [-0.2, -0.15) is 0 Å². The van der Waals surface area contributed by atoms with Gasteiger partial charge < -0.3 is 5.73 Å². The van der Waals surface area contributed by atoms with Crippen molar-refractivity contribution in [1.29, 1.82) is 5.41 Å². The lowest BCUT2D eigenvalue weighted by Gasteiger charge is -2.10. The molecule has 0 aliphatic heterocycles. The zero-order valence-corrected chi connectivity index (χ0v) is 12.6. The number of hydrogen-bond acceptors (Lipinski definition) is 1. The smallest absolute Gasteiger partial charge is 0.0873 e. The van der Waals surface area contributed by atoms with Crippen LogP contribution in [0.3, 0.4) is 0 Å². The quantitative estimate of drug-likeness (QED) is 0.475. The lowest BCUT2D eigenvalue weighted by atomic mass is 9.94. The molecule has 104 valence electrons. The number of benzene rings is 1. The maximum Gasteiger partial charge on any atom is 0.0873 e. The molecule has 0 heterocycles. The second-order valence-corrected chi connectivity index (χ2v) is 5.73. The number of aryl methyl sites for hydroxylation is 1. The molecule has 1 fully saturated rings. The summed E-state index contributed by atoms with van der Waals surface area (Å²) in [6.45, 7) is 12.3. The zero-order chi connectivity index (χ0) is 14.6. The largest absolute Gasteiger partial charge is 0.388 e. The number of nitrogens with two attached hydrogens (primary N) is 1. The van der Waals surface area contributed by atoms with Crippen LogP contribution in [0.15, 0.2) is 36.4 Å². The van der Waals surface area contributed by atoms with Crippen molar-refractivity contribution in [3.05, 3.63) is 47.5 Å². The van der Waals surface area contributed by atoms with Crippen molar-refractivity contribution in [3.63, 3.8) is 0 Å². The Morgan fingerprint density at radius 3 is 2.16 bits per heavy atom. The average molecular weight is 258 g/mol. The van der Waals surface area contributed by atoms with E-state index < -0.39 is 0 Å². The fourth-order valence-corrected chi connectivity index (χ4v) is 2.31. The summed E-state index contributed by atoms with van der Waals surface area (Å²) in [5.41, 5.74) is 9.30. The van der Waals surface area contributed by atoms with Crippen LogP contribution in [0.25, 0.3) is 0 Å². The Labute approximate surface area is 117 Å². The van der Waals surface area contributed by atoms with Gasteiger partial charge in [-0.05, 0) is 49.1 Å². The van der Waals surface area contributed by atoms with Gasteiger partial charge in [0.25, 0.3) is 0 Å². The van der Waals surface area contributed by atoms with Crippen LogP contribution in [0.4, 0.5) is 0 Å². The third-order valence-electron chi connectivity index (χ3n) is 4.00. The van der Waals surface area contributed by atoms with Gasteiger partial charge in [-0.15, -0.1) is 0 Å². The second-order valence-electron chi connectivity index (χ2n) is 5.73. The summed E-state index contributed by atoms with van der Waals surface area (Å²) in [7, 11) is 0. The SMILES string of the molecule is C=C(C)C1(C)CC1c1ccc(CC)cc1.CC(=N)N. The monoisotopic (exact) mass is 258 g/mol. The molecule has 1 aromatic rings. The molecule has 0 radical (unpaired) electrons. The Hall–Kier alpha value is -1.57. The van der Waals surface area contributed by atoms with Crippen LogP contribution in [0, 0.1) is 10.8 Å². The molecule has 2 heteroatoms. The summed E-state index contributed by atoms with van der Waals surface area (Å²) < 4.78 is 0. The van der Waals surface area contributed by atoms with E-state index in [-0.39, 0.29) is 5.84 Å². The molecule has 0 saturated heterocycles. The highest BCUT2D eigenvalue weighted by molar-refractivity contribution is 5.73. The van der Waals surface area contributed by atoms with Crippen LogP contribution in [-0.4, -0.2) is 5.84 Å². The summed E-state index contributed by atoms with van der Waals surface area (Å²) in [6, 6.07) is 9.09. The third-order valence-corrected chi connectivity index (χ3v) is 4.00. The Balaban J connectivity index is 0.000000399. The van der Waals surface area contributed by atoms with Crippen LogP contribution < -0.4 is 5.73 Å². The fraction of sp³-hybridized carbons (Fsp3) is 0.471. The first-order chi connectivity index (χ1) is 8.81. The molecular weight excluding hydrogens is 232 g/mol. The van der Waals surface area contributed by atoms with Crippen LogP contribution >= 0.6 is 0 Å². The Morgan fingerprint density at radius 2 is 1.84 bits per heavy atom. The second kappa shape index (κ2) is 6.05. The highest BCUT2D eigenvalue weighted by atomic mass is 14.7. The number of allylic oxidation sites excluding steroid dienone is 1. The van der Waals surface area contributed by atoms with Crippen molar-refractivity contribution in [2.45, 2.75) is 46.5 Å². The van der Waals surface area contributed by atoms with Gasteiger partial charge in [0.05, 0.1) is 5.84 Å². The molecule has 1 saturated carbocycles. The maximum atomic E-state index is 6.28. The first-order valence-electron chi connectivity index (χ1n) is 6.86. The molecule has 0 spiro atoms. The van der Waals surface area contributed by atoms with Crippen LogP contribution in [-0.2, 0) is 6.42 Å². The van der Waals surface area contributed by atoms with Gasteiger partial charge in [0.15, 0.2) is 0 Å². The van der Waals surface area contributed by atoms with E-state index in [4.69, 9.17) is 11.1 Å². The van der Waals surface area contributed by atoms with Gasteiger partial charge in [-0.1, -0.05) is 50.3 Å². The van der Waals surface area contributed by atoms with Crippen molar-refractivity contribution < 1.29 is 0 Å². The van der Waals surface area contributed by atoms with Crippen LogP contribution in [0.2, 0.25) is 0 Å². The standard InChI is InChI=1S/C15H20.C2H6N2/c1-5-12-6-8-13(9-7-12)14-10-15(14,4)11(2)3;1-2(3)4/h6-9,14H,2,5,10H2,1,3-4H3;1H3,(H3,3,4). The number of rotatable bonds is 3. The molecule has 0 bridgehead atoms. The van der Waals surface area contributed by atoms with E-state index in [2.05, 4.69) is 51.6 Å². The molecular formula is C17H26N2. The Morgan fingerprint density at radius 1 is 1.37 bits per heavy atom. The van der Waals surface area contributed by atoms with E-state index in [9.17, 15) is 0 Å². The molecule has 2 unspecified atom stereocenters. The van der Waals surface area contributed by atoms with Crippen molar-refractivity contribution in [2.75, 3.05) is 0 Å². The average Bonchev–Trinajstić information content (AvgIpc) is 3.03. The van der Waals surface area contributed by atoms with E-state index in [1.165, 1.54) is 30.0 Å². The lowest BCUT2D eigenvalue weighted by molar-refractivity contribution is 0.660. The lowest BCUT2D eigenvalue weighted by Crippen LogP contribution is -2.00. The molecule has 2 nitrogen and oxygen atoms in total. The number of amidine groups is 1. The summed E-state index contributed by atoms with van der Waals surface area (Å²) in [4.78, 5) is 0. The predicted molar refractivity (Wildman–Crippen MR) is 83.7 cm³/mol. The molecule has 3 N–H and O–H groups in total. The summed E-state index contributed by atoms with van der Waals surface area (Å²) in [5.74, 6) is 0.876. The van der Waals surface area contributed by atoms with Gasteiger partial charge in [-0.25, -0.2) is 0 Å². The molecule has 2 atom stereocenters. The first-order valence-corrected chi connectivity index (χ1v) is 6.86. The molecule has 2 rings (SSSR count). The maximum absolute atomic E-state index is 6.28. The highest BCUT2D eigenvalue weighted by Crippen LogP contribution is 2.62. The number of nitrogens with one attached hydrogen (secondary N) is 1. The molecule has 1 aliphatic carbocycles. The molecule has 1 aliphatic rings. The minimum Gasteiger partial charge on any atom is -0.388 e. The predicted octanol–water partition coefficient (Wildman–Crippen LogP) is 4.26. The van der Waals surface area contributed by atoms with Crippen molar-refractivity contribution in [1.82, 2.24) is 0 Å². The fourth-order valence-electron chi connectivity index (χ4n) is 2.31. The van der Waals surface area contributed by atoms with Gasteiger partial charge in [0.1, 0.15) is 0 Å². The van der Waals surface area contributed by atoms with Crippen molar-refractivity contribution in [2.24, 2.45) is 11.1 Å². The van der Waals surface area contributed by atoms with Gasteiger partial charge in [0, 0.05) is 0 Å². The minimum absolute atomic E-state index is 0.167. The molecule has 1 aromatic carbocycles. The summed E-state index contributed by atoms with van der Waals surface area (Å²) in [5, 5.41) is 6.28. The Bertz CT molecular complexity index is 455. The third kappa shape index (κ3) is 3.95. The van der Waals surface area contributed by atoms with Gasteiger partial charge in [0.2, 0.25) is 0 Å². The zero-order valence-electron chi connectivity index (χ0n) is 12.6. The van der Waals surface area contributed by atoms with Crippen LogP contribution in [0.1, 0.15) is 51.2 Å². The van der Waals surface area contributed by atoms with E-state index in [0.29, 0.717) is 11.3 Å². The van der Waals surface area contributed by atoms with E-state index in [1.807, 2.05) is 0 Å². The van der Waals surface area contributed by atoms with Crippen molar-refractivity contribution in [3.8, 4) is 0 Å². The van der Waals surface area contributed by atoms with Gasteiger partial charge in [-0.3, -0.25) is 5.41 Å². The minimum atomic E-state index is 0.167. The van der Waals surface area contributed by atoms with Crippen molar-refractivity contribution >= 4 is 5.84 Å².